The van der Waals surface area contributed by atoms with Gasteiger partial charge in [-0.2, -0.15) is 5.10 Å². The molecule has 17 heavy (non-hydrogen) atoms. The van der Waals surface area contributed by atoms with Crippen molar-refractivity contribution in [3.8, 4) is 0 Å². The van der Waals surface area contributed by atoms with E-state index in [9.17, 15) is 4.39 Å². The Bertz CT molecular complexity index is 529. The number of fused-ring (bicyclic) bond motifs is 1. The quantitative estimate of drug-likeness (QED) is 0.777. The number of nitrogens with zero attached hydrogens (tertiary/aromatic N) is 4. The first-order valence-corrected chi connectivity index (χ1v) is 5.50. The van der Waals surface area contributed by atoms with Crippen molar-refractivity contribution in [2.24, 2.45) is 0 Å². The molecule has 5 nitrogen and oxygen atoms in total. The fraction of sp³-hybridized carbons (Fsp3) is 0.455. The third kappa shape index (κ3) is 1.64. The van der Waals surface area contributed by atoms with Crippen LogP contribution in [0.25, 0.3) is 5.52 Å². The lowest BCUT2D eigenvalue weighted by molar-refractivity contribution is 0.173. The zero-order chi connectivity index (χ0) is 11.8. The summed E-state index contributed by atoms with van der Waals surface area (Å²) in [7, 11) is 1.83. The molecular formula is C11H13FN4O. The van der Waals surface area contributed by atoms with Crippen molar-refractivity contribution in [2.45, 2.75) is 12.2 Å². The maximum Gasteiger partial charge on any atom is 0.154 e. The van der Waals surface area contributed by atoms with Crippen molar-refractivity contribution < 1.29 is 9.13 Å². The van der Waals surface area contributed by atoms with E-state index in [0.29, 0.717) is 6.61 Å². The lowest BCUT2D eigenvalue weighted by Crippen LogP contribution is -2.39. The molecule has 2 atom stereocenters. The Balaban J connectivity index is 2.00. The molecule has 1 fully saturated rings. The van der Waals surface area contributed by atoms with Crippen LogP contribution in [-0.4, -0.2) is 47.1 Å². The van der Waals surface area contributed by atoms with E-state index in [1.165, 1.54) is 0 Å². The van der Waals surface area contributed by atoms with E-state index in [1.54, 1.807) is 23.1 Å². The highest BCUT2D eigenvalue weighted by Crippen LogP contribution is 2.23. The van der Waals surface area contributed by atoms with Crippen molar-refractivity contribution in [3.63, 3.8) is 0 Å². The third-order valence-electron chi connectivity index (χ3n) is 3.12. The van der Waals surface area contributed by atoms with E-state index in [2.05, 4.69) is 10.1 Å². The molecule has 1 aliphatic rings. The molecule has 0 aromatic carbocycles. The summed E-state index contributed by atoms with van der Waals surface area (Å²) in [6, 6.07) is 1.59. The average Bonchev–Trinajstić information content (AvgIpc) is 2.95. The summed E-state index contributed by atoms with van der Waals surface area (Å²) in [5, 5.41) is 4.13. The Morgan fingerprint density at radius 3 is 3.12 bits per heavy atom. The molecular weight excluding hydrogens is 223 g/mol. The fourth-order valence-corrected chi connectivity index (χ4v) is 2.14. The Morgan fingerprint density at radius 1 is 1.47 bits per heavy atom. The molecule has 0 bridgehead atoms. The van der Waals surface area contributed by atoms with Crippen molar-refractivity contribution >= 4 is 11.3 Å². The number of anilines is 1. The van der Waals surface area contributed by atoms with Gasteiger partial charge in [0.1, 0.15) is 11.7 Å². The molecule has 2 aromatic rings. The Morgan fingerprint density at radius 2 is 2.35 bits per heavy atom. The molecule has 6 heteroatoms. The van der Waals surface area contributed by atoms with Gasteiger partial charge in [0.05, 0.1) is 25.5 Å². The van der Waals surface area contributed by atoms with Crippen molar-refractivity contribution in [3.05, 3.63) is 24.7 Å². The average molecular weight is 236 g/mol. The summed E-state index contributed by atoms with van der Waals surface area (Å²) < 4.78 is 20.5. The molecule has 3 heterocycles. The highest BCUT2D eigenvalue weighted by molar-refractivity contribution is 5.68. The second kappa shape index (κ2) is 3.96. The molecule has 0 radical (unpaired) electrons. The number of hydrogen-bond donors (Lipinski definition) is 0. The lowest BCUT2D eigenvalue weighted by Gasteiger charge is -2.26. The Hall–Kier alpha value is -1.69. The third-order valence-corrected chi connectivity index (χ3v) is 3.12. The van der Waals surface area contributed by atoms with Gasteiger partial charge in [0, 0.05) is 19.4 Å². The molecule has 0 aliphatic carbocycles. The maximum atomic E-state index is 13.6. The van der Waals surface area contributed by atoms with Crippen molar-refractivity contribution in [1.82, 2.24) is 14.6 Å². The zero-order valence-electron chi connectivity index (χ0n) is 9.45. The summed E-state index contributed by atoms with van der Waals surface area (Å²) in [4.78, 5) is 6.13. The summed E-state index contributed by atoms with van der Waals surface area (Å²) >= 11 is 0. The van der Waals surface area contributed by atoms with Crippen LogP contribution >= 0.6 is 0 Å². The largest absolute Gasteiger partial charge is 0.376 e. The highest BCUT2D eigenvalue weighted by atomic mass is 19.1. The Labute approximate surface area is 97.8 Å². The van der Waals surface area contributed by atoms with Gasteiger partial charge in [0.15, 0.2) is 5.82 Å². The van der Waals surface area contributed by atoms with Crippen molar-refractivity contribution in [2.75, 3.05) is 25.2 Å². The van der Waals surface area contributed by atoms with Gasteiger partial charge in [-0.1, -0.05) is 0 Å². The second-order valence-corrected chi connectivity index (χ2v) is 4.14. The minimum atomic E-state index is -0.968. The molecule has 0 unspecified atom stereocenters. The van der Waals surface area contributed by atoms with Crippen LogP contribution in [0.1, 0.15) is 0 Å². The minimum absolute atomic E-state index is 0.164. The predicted molar refractivity (Wildman–Crippen MR) is 60.9 cm³/mol. The number of likely N-dealkylation sites (N-methyl/N-ethyl adjacent to an activating group) is 1. The number of halogens is 1. The van der Waals surface area contributed by atoms with Crippen LogP contribution in [-0.2, 0) is 4.74 Å². The zero-order valence-corrected chi connectivity index (χ0v) is 9.45. The monoisotopic (exact) mass is 236 g/mol. The van der Waals surface area contributed by atoms with Gasteiger partial charge < -0.3 is 9.64 Å². The molecule has 0 amide bonds. The minimum Gasteiger partial charge on any atom is -0.376 e. The number of alkyl halides is 1. The second-order valence-electron chi connectivity index (χ2n) is 4.14. The first kappa shape index (κ1) is 10.5. The van der Waals surface area contributed by atoms with E-state index in [-0.39, 0.29) is 12.6 Å². The number of ether oxygens (including phenoxy) is 1. The predicted octanol–water partition coefficient (Wildman–Crippen LogP) is 0.902. The fourth-order valence-electron chi connectivity index (χ4n) is 2.14. The van der Waals surface area contributed by atoms with E-state index in [4.69, 9.17) is 4.74 Å². The van der Waals surface area contributed by atoms with Crippen LogP contribution in [0.15, 0.2) is 24.7 Å². The number of aromatic nitrogens is 3. The molecule has 0 N–H and O–H groups in total. The maximum absolute atomic E-state index is 13.6. The van der Waals surface area contributed by atoms with Crippen LogP contribution in [0.2, 0.25) is 0 Å². The molecule has 2 aromatic heterocycles. The van der Waals surface area contributed by atoms with Gasteiger partial charge in [0.25, 0.3) is 0 Å². The van der Waals surface area contributed by atoms with Gasteiger partial charge in [-0.25, -0.2) is 13.9 Å². The first-order valence-electron chi connectivity index (χ1n) is 5.50. The normalized spacial score (nSPS) is 24.4. The molecule has 0 saturated carbocycles. The van der Waals surface area contributed by atoms with Gasteiger partial charge >= 0.3 is 0 Å². The summed E-state index contributed by atoms with van der Waals surface area (Å²) in [6.07, 6.45) is 4.16. The Kier molecular flexibility index (Phi) is 2.44. The SMILES string of the molecule is CN(c1nccn2nccc12)[C@@H]1COC[C@H]1F. The van der Waals surface area contributed by atoms with E-state index in [1.807, 2.05) is 18.0 Å². The van der Waals surface area contributed by atoms with Gasteiger partial charge in [-0.05, 0) is 6.07 Å². The van der Waals surface area contributed by atoms with Crippen molar-refractivity contribution in [1.29, 1.82) is 0 Å². The summed E-state index contributed by atoms with van der Waals surface area (Å²) in [6.45, 7) is 0.561. The summed E-state index contributed by atoms with van der Waals surface area (Å²) in [5.74, 6) is 0.725. The molecule has 1 aliphatic heterocycles. The molecule has 1 saturated heterocycles. The smallest absolute Gasteiger partial charge is 0.154 e. The van der Waals surface area contributed by atoms with Gasteiger partial charge in [-0.3, -0.25) is 0 Å². The van der Waals surface area contributed by atoms with Crippen LogP contribution < -0.4 is 4.90 Å². The topological polar surface area (TPSA) is 42.7 Å². The number of rotatable bonds is 2. The van der Waals surface area contributed by atoms with E-state index < -0.39 is 6.17 Å². The van der Waals surface area contributed by atoms with Gasteiger partial charge in [0.2, 0.25) is 0 Å². The first-order chi connectivity index (χ1) is 8.27. The van der Waals surface area contributed by atoms with E-state index in [0.717, 1.165) is 11.3 Å². The standard InChI is InChI=1S/C11H13FN4O/c1-15(10-7-17-6-8(10)12)11-9-2-3-14-16(9)5-4-13-11/h2-5,8,10H,6-7H2,1H3/t8-,10-/m1/s1. The highest BCUT2D eigenvalue weighted by Gasteiger charge is 2.32. The van der Waals surface area contributed by atoms with Crippen LogP contribution in [0.5, 0.6) is 0 Å². The van der Waals surface area contributed by atoms with Crippen LogP contribution in [0.3, 0.4) is 0 Å². The van der Waals surface area contributed by atoms with E-state index >= 15 is 0 Å². The molecule has 0 spiro atoms. The van der Waals surface area contributed by atoms with Crippen LogP contribution in [0, 0.1) is 0 Å². The lowest BCUT2D eigenvalue weighted by atomic mass is 10.2. The van der Waals surface area contributed by atoms with Gasteiger partial charge in [-0.15, -0.1) is 0 Å². The molecule has 3 rings (SSSR count). The molecule has 90 valence electrons. The summed E-state index contributed by atoms with van der Waals surface area (Å²) in [5.41, 5.74) is 0.870. The van der Waals surface area contributed by atoms with Crippen LogP contribution in [0.4, 0.5) is 10.2 Å². The number of hydrogen-bond acceptors (Lipinski definition) is 4.